The van der Waals surface area contributed by atoms with Gasteiger partial charge in [-0.3, -0.25) is 4.79 Å². The van der Waals surface area contributed by atoms with Gasteiger partial charge in [0.25, 0.3) is 0 Å². The summed E-state index contributed by atoms with van der Waals surface area (Å²) in [5.41, 5.74) is 6.11. The number of para-hydroxylation sites is 1. The van der Waals surface area contributed by atoms with Crippen LogP contribution in [0.5, 0.6) is 5.75 Å². The molecule has 0 spiro atoms. The highest BCUT2D eigenvalue weighted by Crippen LogP contribution is 2.24. The fourth-order valence-corrected chi connectivity index (χ4v) is 2.27. The lowest BCUT2D eigenvalue weighted by molar-refractivity contribution is -0.119. The van der Waals surface area contributed by atoms with Crippen molar-refractivity contribution in [3.05, 3.63) is 29.8 Å². The number of nitrogens with one attached hydrogen (secondary N) is 1. The Balaban J connectivity index is 2.89. The molecule has 3 N–H and O–H groups in total. The van der Waals surface area contributed by atoms with Gasteiger partial charge in [-0.25, -0.2) is 0 Å². The maximum absolute atomic E-state index is 11.3. The van der Waals surface area contributed by atoms with E-state index in [1.165, 1.54) is 0 Å². The van der Waals surface area contributed by atoms with Crippen molar-refractivity contribution in [1.82, 2.24) is 5.32 Å². The molecule has 1 amide bonds. The number of primary amides is 1. The van der Waals surface area contributed by atoms with Crippen LogP contribution >= 0.6 is 0 Å². The zero-order valence-electron chi connectivity index (χ0n) is 12.0. The molecule has 1 atom stereocenters. The number of carbonyl (C=O) groups is 1. The summed E-state index contributed by atoms with van der Waals surface area (Å²) >= 11 is 0. The first-order valence-electron chi connectivity index (χ1n) is 6.66. The van der Waals surface area contributed by atoms with Crippen molar-refractivity contribution in [2.24, 2.45) is 5.73 Å². The normalized spacial score (nSPS) is 13.8. The SMILES string of the molecule is CCCNC(C)(CC(N)=O)Cc1ccccc1OC. The Labute approximate surface area is 115 Å². The van der Waals surface area contributed by atoms with Gasteiger partial charge in [0.15, 0.2) is 0 Å². The number of hydrogen-bond acceptors (Lipinski definition) is 3. The first kappa shape index (κ1) is 15.5. The predicted molar refractivity (Wildman–Crippen MR) is 77.2 cm³/mol. The zero-order valence-corrected chi connectivity index (χ0v) is 12.0. The van der Waals surface area contributed by atoms with E-state index in [9.17, 15) is 4.79 Å². The Morgan fingerprint density at radius 1 is 1.42 bits per heavy atom. The minimum absolute atomic E-state index is 0.291. The lowest BCUT2D eigenvalue weighted by atomic mass is 9.88. The van der Waals surface area contributed by atoms with Crippen molar-refractivity contribution >= 4 is 5.91 Å². The molecule has 106 valence electrons. The number of ether oxygens (including phenoxy) is 1. The fourth-order valence-electron chi connectivity index (χ4n) is 2.27. The van der Waals surface area contributed by atoms with E-state index in [4.69, 9.17) is 10.5 Å². The first-order chi connectivity index (χ1) is 9.00. The van der Waals surface area contributed by atoms with Crippen LogP contribution in [0.4, 0.5) is 0 Å². The van der Waals surface area contributed by atoms with Crippen LogP contribution in [-0.4, -0.2) is 25.1 Å². The van der Waals surface area contributed by atoms with Crippen LogP contribution < -0.4 is 15.8 Å². The molecule has 0 aliphatic rings. The third-order valence-electron chi connectivity index (χ3n) is 3.14. The van der Waals surface area contributed by atoms with Gasteiger partial charge in [-0.15, -0.1) is 0 Å². The third kappa shape index (κ3) is 4.91. The van der Waals surface area contributed by atoms with Crippen LogP contribution in [0.3, 0.4) is 0 Å². The molecule has 1 aromatic carbocycles. The molecule has 4 nitrogen and oxygen atoms in total. The summed E-state index contributed by atoms with van der Waals surface area (Å²) in [5.74, 6) is 0.553. The molecule has 0 aliphatic heterocycles. The minimum atomic E-state index is -0.337. The highest BCUT2D eigenvalue weighted by molar-refractivity contribution is 5.75. The van der Waals surface area contributed by atoms with Crippen LogP contribution in [0.2, 0.25) is 0 Å². The number of nitrogens with two attached hydrogens (primary N) is 1. The van der Waals surface area contributed by atoms with E-state index in [0.717, 1.165) is 24.3 Å². The number of benzene rings is 1. The molecule has 0 heterocycles. The summed E-state index contributed by atoms with van der Waals surface area (Å²) in [6, 6.07) is 7.86. The van der Waals surface area contributed by atoms with Gasteiger partial charge in [-0.1, -0.05) is 25.1 Å². The summed E-state index contributed by atoms with van der Waals surface area (Å²) in [7, 11) is 1.66. The molecule has 19 heavy (non-hydrogen) atoms. The van der Waals surface area contributed by atoms with Crippen molar-refractivity contribution < 1.29 is 9.53 Å². The number of rotatable bonds is 8. The molecule has 4 heteroatoms. The molecule has 0 fully saturated rings. The van der Waals surface area contributed by atoms with E-state index in [2.05, 4.69) is 12.2 Å². The average Bonchev–Trinajstić information content (AvgIpc) is 2.36. The Bertz CT molecular complexity index is 420. The molecule has 0 aromatic heterocycles. The van der Waals surface area contributed by atoms with E-state index in [1.54, 1.807) is 7.11 Å². The second-order valence-corrected chi connectivity index (χ2v) is 5.12. The molecule has 0 saturated carbocycles. The molecular weight excluding hydrogens is 240 g/mol. The van der Waals surface area contributed by atoms with Crippen molar-refractivity contribution in [3.8, 4) is 5.75 Å². The maximum Gasteiger partial charge on any atom is 0.219 e. The van der Waals surface area contributed by atoms with Gasteiger partial charge in [0.2, 0.25) is 5.91 Å². The maximum atomic E-state index is 11.3. The highest BCUT2D eigenvalue weighted by atomic mass is 16.5. The van der Waals surface area contributed by atoms with Crippen molar-refractivity contribution in [3.63, 3.8) is 0 Å². The minimum Gasteiger partial charge on any atom is -0.496 e. The summed E-state index contributed by atoms with van der Waals surface area (Å²) in [6.45, 7) is 4.99. The van der Waals surface area contributed by atoms with Crippen LogP contribution in [-0.2, 0) is 11.2 Å². The van der Waals surface area contributed by atoms with Gasteiger partial charge in [0.05, 0.1) is 7.11 Å². The third-order valence-corrected chi connectivity index (χ3v) is 3.14. The average molecular weight is 264 g/mol. The Morgan fingerprint density at radius 3 is 2.68 bits per heavy atom. The van der Waals surface area contributed by atoms with Gasteiger partial charge in [0, 0.05) is 12.0 Å². The quantitative estimate of drug-likeness (QED) is 0.753. The van der Waals surface area contributed by atoms with Gasteiger partial charge < -0.3 is 15.8 Å². The number of amides is 1. The summed E-state index contributed by atoms with van der Waals surface area (Å²) < 4.78 is 5.36. The fraction of sp³-hybridized carbons (Fsp3) is 0.533. The number of methoxy groups -OCH3 is 1. The van der Waals surface area contributed by atoms with Crippen LogP contribution in [0.25, 0.3) is 0 Å². The Kier molecular flexibility index (Phi) is 5.83. The molecule has 1 aromatic rings. The topological polar surface area (TPSA) is 64.3 Å². The lowest BCUT2D eigenvalue weighted by Crippen LogP contribution is -2.47. The Morgan fingerprint density at radius 2 is 2.11 bits per heavy atom. The van der Waals surface area contributed by atoms with Gasteiger partial charge in [0.1, 0.15) is 5.75 Å². The van der Waals surface area contributed by atoms with Crippen LogP contribution in [0, 0.1) is 0 Å². The first-order valence-corrected chi connectivity index (χ1v) is 6.66. The van der Waals surface area contributed by atoms with Crippen molar-refractivity contribution in [2.75, 3.05) is 13.7 Å². The lowest BCUT2D eigenvalue weighted by Gasteiger charge is -2.30. The van der Waals surface area contributed by atoms with Crippen molar-refractivity contribution in [1.29, 1.82) is 0 Å². The van der Waals surface area contributed by atoms with Gasteiger partial charge >= 0.3 is 0 Å². The standard InChI is InChI=1S/C15H24N2O2/c1-4-9-17-15(2,11-14(16)18)10-12-7-5-6-8-13(12)19-3/h5-8,17H,4,9-11H2,1-3H3,(H2,16,18). The molecule has 1 rings (SSSR count). The Hall–Kier alpha value is -1.55. The van der Waals surface area contributed by atoms with Crippen LogP contribution in [0.1, 0.15) is 32.3 Å². The monoisotopic (exact) mass is 264 g/mol. The van der Waals surface area contributed by atoms with Gasteiger partial charge in [-0.2, -0.15) is 0 Å². The summed E-state index contributed by atoms with van der Waals surface area (Å²) in [6.07, 6.45) is 2.03. The molecule has 0 aliphatic carbocycles. The van der Waals surface area contributed by atoms with Gasteiger partial charge in [-0.05, 0) is 37.9 Å². The number of hydrogen-bond donors (Lipinski definition) is 2. The molecule has 0 saturated heterocycles. The second kappa shape index (κ2) is 7.14. The van der Waals surface area contributed by atoms with Crippen molar-refractivity contribution in [2.45, 2.75) is 38.6 Å². The largest absolute Gasteiger partial charge is 0.496 e. The van der Waals surface area contributed by atoms with E-state index >= 15 is 0 Å². The summed E-state index contributed by atoms with van der Waals surface area (Å²) in [5, 5.41) is 3.42. The number of carbonyl (C=O) groups excluding carboxylic acids is 1. The summed E-state index contributed by atoms with van der Waals surface area (Å²) in [4.78, 5) is 11.3. The smallest absolute Gasteiger partial charge is 0.219 e. The van der Waals surface area contributed by atoms with E-state index in [-0.39, 0.29) is 11.4 Å². The van der Waals surface area contributed by atoms with E-state index in [1.807, 2.05) is 31.2 Å². The van der Waals surface area contributed by atoms with Crippen LogP contribution in [0.15, 0.2) is 24.3 Å². The van der Waals surface area contributed by atoms with E-state index < -0.39 is 0 Å². The zero-order chi connectivity index (χ0) is 14.3. The molecule has 0 radical (unpaired) electrons. The second-order valence-electron chi connectivity index (χ2n) is 5.12. The molecular formula is C15H24N2O2. The van der Waals surface area contributed by atoms with E-state index in [0.29, 0.717) is 12.8 Å². The molecule has 1 unspecified atom stereocenters. The predicted octanol–water partition coefficient (Wildman–Crippen LogP) is 1.87. The molecule has 0 bridgehead atoms. The highest BCUT2D eigenvalue weighted by Gasteiger charge is 2.27.